The van der Waals surface area contributed by atoms with Crippen molar-refractivity contribution in [2.45, 2.75) is 62.3 Å². The monoisotopic (exact) mass is 805 g/mol. The van der Waals surface area contributed by atoms with E-state index in [1.165, 1.54) is 13.1 Å². The summed E-state index contributed by atoms with van der Waals surface area (Å²) in [5.41, 5.74) is 0.538. The molecule has 2 heterocycles. The number of amides is 1. The highest BCUT2D eigenvalue weighted by atomic mass is 35.5. The topological polar surface area (TPSA) is 166 Å². The van der Waals surface area contributed by atoms with Crippen molar-refractivity contribution < 1.29 is 34.0 Å². The van der Waals surface area contributed by atoms with Crippen molar-refractivity contribution in [2.75, 3.05) is 46.5 Å². The predicted molar refractivity (Wildman–Crippen MR) is 215 cm³/mol. The molecule has 0 radical (unpaired) electrons. The van der Waals surface area contributed by atoms with E-state index < -0.39 is 28.6 Å². The SMILES string of the molecule is CNC(=O)C1CCN(CCCOC2(COc3cc(OCc4cncc(C#N)c4)c(CNC(C)(CO)C(=O)O)cc3Cl)C=CC=C(c3ccccc3)C2(C)Cl)CC1. The number of rotatable bonds is 18. The predicted octanol–water partition coefficient (Wildman–Crippen LogP) is 5.74. The van der Waals surface area contributed by atoms with Crippen LogP contribution in [0.1, 0.15) is 55.4 Å². The van der Waals surface area contributed by atoms with E-state index in [0.717, 1.165) is 50.0 Å². The van der Waals surface area contributed by atoms with Crippen LogP contribution in [0.2, 0.25) is 5.02 Å². The van der Waals surface area contributed by atoms with Crippen molar-refractivity contribution in [3.8, 4) is 17.6 Å². The first kappa shape index (κ1) is 42.7. The summed E-state index contributed by atoms with van der Waals surface area (Å²) in [6.45, 7) is 5.49. The van der Waals surface area contributed by atoms with Crippen molar-refractivity contribution >= 4 is 40.7 Å². The lowest BCUT2D eigenvalue weighted by Crippen LogP contribution is -2.55. The van der Waals surface area contributed by atoms with E-state index in [1.807, 2.05) is 55.5 Å². The molecule has 1 amide bonds. The van der Waals surface area contributed by atoms with Gasteiger partial charge in [0.25, 0.3) is 0 Å². The maximum atomic E-state index is 12.1. The van der Waals surface area contributed by atoms with E-state index in [4.69, 9.17) is 37.4 Å². The van der Waals surface area contributed by atoms with Crippen LogP contribution in [0, 0.1) is 17.2 Å². The van der Waals surface area contributed by atoms with E-state index >= 15 is 0 Å². The maximum Gasteiger partial charge on any atom is 0.326 e. The molecule has 0 saturated carbocycles. The van der Waals surface area contributed by atoms with Crippen molar-refractivity contribution in [3.63, 3.8) is 0 Å². The standard InChI is InChI=1S/C42H49Cl2N5O7/c1-40(27-50,39(52)53)48-25-33-20-35(43)37(21-36(33)54-26-30-19-29(22-45)23-47-24-30)55-28-42(14-7-11-34(41(42,2)44)31-9-5-4-6-10-31)56-18-8-15-49-16-12-32(13-17-49)38(51)46-3/h4-7,9-11,14,19-21,23-24,32,48,50H,8,12-13,15-18,25-28H2,1-3H3,(H,46,51)(H,52,53). The average Bonchev–Trinajstić information content (AvgIpc) is 3.21. The fraction of sp³-hybridized carbons (Fsp3) is 0.429. The lowest BCUT2D eigenvalue weighted by molar-refractivity contribution is -0.146. The van der Waals surface area contributed by atoms with Gasteiger partial charge in [-0.25, -0.2) is 0 Å². The molecule has 0 spiro atoms. The second-order valence-corrected chi connectivity index (χ2v) is 15.6. The second-order valence-electron chi connectivity index (χ2n) is 14.4. The molecule has 1 fully saturated rings. The Labute approximate surface area is 338 Å². The van der Waals surface area contributed by atoms with Gasteiger partial charge in [-0.2, -0.15) is 5.26 Å². The zero-order valence-electron chi connectivity index (χ0n) is 31.9. The molecule has 1 aromatic heterocycles. The number of alkyl halides is 1. The van der Waals surface area contributed by atoms with Gasteiger partial charge in [0.2, 0.25) is 5.91 Å². The van der Waals surface area contributed by atoms with Gasteiger partial charge in [0.15, 0.2) is 0 Å². The molecule has 1 aliphatic heterocycles. The Balaban J connectivity index is 1.39. The number of carbonyl (C=O) groups excluding carboxylic acids is 1. The number of aromatic nitrogens is 1. The third-order valence-corrected chi connectivity index (χ3v) is 11.3. The molecule has 3 atom stereocenters. The van der Waals surface area contributed by atoms with Gasteiger partial charge in [-0.15, -0.1) is 11.6 Å². The Hall–Kier alpha value is -4.48. The van der Waals surface area contributed by atoms with Gasteiger partial charge in [0.05, 0.1) is 17.2 Å². The molecular weight excluding hydrogens is 757 g/mol. The van der Waals surface area contributed by atoms with E-state index in [0.29, 0.717) is 29.0 Å². The van der Waals surface area contributed by atoms with Crippen LogP contribution in [0.4, 0.5) is 0 Å². The summed E-state index contributed by atoms with van der Waals surface area (Å²) >= 11 is 14.4. The van der Waals surface area contributed by atoms with Crippen molar-refractivity contribution in [3.05, 3.63) is 106 Å². The number of nitrogens with zero attached hydrogens (tertiary/aromatic N) is 3. The van der Waals surface area contributed by atoms with Gasteiger partial charge < -0.3 is 34.6 Å². The number of aliphatic carboxylic acids is 1. The summed E-state index contributed by atoms with van der Waals surface area (Å²) < 4.78 is 19.5. The lowest BCUT2D eigenvalue weighted by Gasteiger charge is -2.45. The zero-order chi connectivity index (χ0) is 40.3. The highest BCUT2D eigenvalue weighted by Gasteiger charge is 2.51. The van der Waals surface area contributed by atoms with E-state index in [-0.39, 0.29) is 42.4 Å². The highest BCUT2D eigenvalue weighted by molar-refractivity contribution is 6.32. The fourth-order valence-electron chi connectivity index (χ4n) is 6.82. The van der Waals surface area contributed by atoms with Gasteiger partial charge in [0.1, 0.15) is 46.8 Å². The number of benzene rings is 2. The molecule has 56 heavy (non-hydrogen) atoms. The molecule has 14 heteroatoms. The number of hydrogen-bond acceptors (Lipinski definition) is 10. The average molecular weight is 807 g/mol. The number of likely N-dealkylation sites (tertiary alicyclic amines) is 1. The molecule has 5 rings (SSSR count). The van der Waals surface area contributed by atoms with Crippen LogP contribution >= 0.6 is 23.2 Å². The number of ether oxygens (including phenoxy) is 3. The number of hydrogen-bond donors (Lipinski definition) is 4. The van der Waals surface area contributed by atoms with Crippen LogP contribution in [0.25, 0.3) is 5.57 Å². The van der Waals surface area contributed by atoms with Crippen LogP contribution in [-0.2, 0) is 27.5 Å². The Morgan fingerprint density at radius 1 is 1.12 bits per heavy atom. The molecule has 2 aromatic carbocycles. The van der Waals surface area contributed by atoms with Crippen LogP contribution < -0.4 is 20.1 Å². The molecule has 2 aliphatic rings. The zero-order valence-corrected chi connectivity index (χ0v) is 33.4. The number of piperidine rings is 1. The summed E-state index contributed by atoms with van der Waals surface area (Å²) in [6.07, 6.45) is 11.2. The highest BCUT2D eigenvalue weighted by Crippen LogP contribution is 2.48. The van der Waals surface area contributed by atoms with Gasteiger partial charge in [0, 0.05) is 62.2 Å². The molecule has 1 aliphatic carbocycles. The van der Waals surface area contributed by atoms with Crippen molar-refractivity contribution in [1.82, 2.24) is 20.5 Å². The summed E-state index contributed by atoms with van der Waals surface area (Å²) in [7, 11) is 1.68. The second kappa shape index (κ2) is 19.1. The normalized spacial score (nSPS) is 21.1. The van der Waals surface area contributed by atoms with Crippen LogP contribution in [0.5, 0.6) is 11.5 Å². The molecule has 3 unspecified atom stereocenters. The number of halogens is 2. The first-order valence-electron chi connectivity index (χ1n) is 18.6. The lowest BCUT2D eigenvalue weighted by atomic mass is 9.76. The Kier molecular flexibility index (Phi) is 14.6. The maximum absolute atomic E-state index is 12.1. The third kappa shape index (κ3) is 10.1. The Bertz CT molecular complexity index is 1940. The first-order chi connectivity index (χ1) is 26.8. The summed E-state index contributed by atoms with van der Waals surface area (Å²) in [5, 5.41) is 34.8. The molecule has 12 nitrogen and oxygen atoms in total. The quantitative estimate of drug-likeness (QED) is 0.0915. The van der Waals surface area contributed by atoms with Crippen LogP contribution in [0.3, 0.4) is 0 Å². The van der Waals surface area contributed by atoms with E-state index in [2.05, 4.69) is 26.6 Å². The van der Waals surface area contributed by atoms with Gasteiger partial charge in [-0.05, 0) is 75.5 Å². The number of pyridine rings is 1. The molecule has 3 aromatic rings. The number of carboxylic acids is 1. The number of nitriles is 1. The molecule has 4 N–H and O–H groups in total. The minimum Gasteiger partial charge on any atom is -0.488 e. The summed E-state index contributed by atoms with van der Waals surface area (Å²) in [6, 6.07) is 16.8. The Morgan fingerprint density at radius 2 is 1.88 bits per heavy atom. The number of aliphatic hydroxyl groups excluding tert-OH is 1. The minimum absolute atomic E-state index is 0.0145. The van der Waals surface area contributed by atoms with Crippen LogP contribution in [0.15, 0.2) is 79.2 Å². The molecule has 1 saturated heterocycles. The smallest absolute Gasteiger partial charge is 0.326 e. The largest absolute Gasteiger partial charge is 0.488 e. The first-order valence-corrected chi connectivity index (χ1v) is 19.3. The van der Waals surface area contributed by atoms with Gasteiger partial charge >= 0.3 is 5.97 Å². The fourth-order valence-corrected chi connectivity index (χ4v) is 7.41. The minimum atomic E-state index is -1.63. The molecule has 298 valence electrons. The molecular formula is C42H49Cl2N5O7. The van der Waals surface area contributed by atoms with E-state index in [9.17, 15) is 25.1 Å². The number of allylic oxidation sites excluding steroid dienone is 2. The van der Waals surface area contributed by atoms with Crippen molar-refractivity contribution in [2.24, 2.45) is 5.92 Å². The van der Waals surface area contributed by atoms with Gasteiger partial charge in [-0.3, -0.25) is 19.9 Å². The number of carboxylic acid groups (broad SMARTS) is 1. The number of carbonyl (C=O) groups is 2. The number of nitrogens with one attached hydrogen (secondary N) is 2. The molecule has 0 bridgehead atoms. The van der Waals surface area contributed by atoms with Crippen molar-refractivity contribution in [1.29, 1.82) is 5.26 Å². The van der Waals surface area contributed by atoms with Gasteiger partial charge in [-0.1, -0.05) is 54.1 Å². The summed E-state index contributed by atoms with van der Waals surface area (Å²) in [5.74, 6) is -0.481. The summed E-state index contributed by atoms with van der Waals surface area (Å²) in [4.78, 5) is 29.4. The third-order valence-electron chi connectivity index (χ3n) is 10.5. The van der Waals surface area contributed by atoms with Crippen LogP contribution in [-0.4, -0.2) is 94.5 Å². The Morgan fingerprint density at radius 3 is 2.55 bits per heavy atom. The van der Waals surface area contributed by atoms with E-state index in [1.54, 1.807) is 31.4 Å². The number of aliphatic hydroxyl groups is 1.